The molecule has 2 fully saturated rings. The van der Waals surface area contributed by atoms with E-state index in [0.29, 0.717) is 16.9 Å². The summed E-state index contributed by atoms with van der Waals surface area (Å²) in [5.41, 5.74) is 1.37. The number of hydrogen-bond acceptors (Lipinski definition) is 5. The molecule has 0 radical (unpaired) electrons. The maximum atomic E-state index is 12.5. The normalized spacial score (nSPS) is 30.8. The second-order valence-electron chi connectivity index (χ2n) is 9.76. The van der Waals surface area contributed by atoms with Gasteiger partial charge in [-0.15, -0.1) is 11.3 Å². The molecular weight excluding hydrogens is 440 g/mol. The minimum atomic E-state index is -3.41. The highest BCUT2D eigenvalue weighted by Crippen LogP contribution is 2.46. The van der Waals surface area contributed by atoms with Crippen molar-refractivity contribution in [1.82, 2.24) is 9.62 Å². The van der Waals surface area contributed by atoms with E-state index in [0.717, 1.165) is 58.2 Å². The van der Waals surface area contributed by atoms with E-state index in [9.17, 15) is 8.42 Å². The second-order valence-corrected chi connectivity index (χ2v) is 12.7. The molecule has 1 spiro atoms. The van der Waals surface area contributed by atoms with E-state index in [2.05, 4.69) is 29.5 Å². The summed E-state index contributed by atoms with van der Waals surface area (Å²) in [6.07, 6.45) is 6.11. The Kier molecular flexibility index (Phi) is 6.22. The number of nitrogens with one attached hydrogen (secondary N) is 1. The molecule has 2 aromatic rings. The van der Waals surface area contributed by atoms with Crippen LogP contribution in [0.5, 0.6) is 0 Å². The summed E-state index contributed by atoms with van der Waals surface area (Å²) in [7, 11) is -3.41. The molecule has 5 rings (SSSR count). The molecule has 7 heteroatoms. The van der Waals surface area contributed by atoms with Crippen LogP contribution >= 0.6 is 11.3 Å². The first-order valence-electron chi connectivity index (χ1n) is 12.0. The molecule has 3 aliphatic rings. The Bertz CT molecular complexity index is 1050. The van der Waals surface area contributed by atoms with Gasteiger partial charge in [0, 0.05) is 41.3 Å². The smallest absolute Gasteiger partial charge is 0.240 e. The van der Waals surface area contributed by atoms with Crippen LogP contribution < -0.4 is 4.72 Å². The van der Waals surface area contributed by atoms with E-state index < -0.39 is 10.0 Å². The standard InChI is InChI=1S/C25H34N2O3S2/c1-3-21-15-23-24(31-21)9-12-30-25(23)10-11-27(18(2)16-25)17-19-13-20(14-19)26-32(28,29)22-7-5-4-6-8-22/h4-8,15,18-20,26H,3,9-14,16-17H2,1-2H3/t18-,19?,20?,25+/m0/s1. The third kappa shape index (κ3) is 4.30. The van der Waals surface area contributed by atoms with Crippen LogP contribution in [0.1, 0.15) is 54.8 Å². The summed E-state index contributed by atoms with van der Waals surface area (Å²) in [6.45, 7) is 7.52. The van der Waals surface area contributed by atoms with Crippen molar-refractivity contribution in [1.29, 1.82) is 0 Å². The second kappa shape index (κ2) is 8.84. The molecule has 2 aliphatic heterocycles. The van der Waals surface area contributed by atoms with E-state index >= 15 is 0 Å². The van der Waals surface area contributed by atoms with Gasteiger partial charge < -0.3 is 9.64 Å². The van der Waals surface area contributed by atoms with Crippen LogP contribution in [-0.4, -0.2) is 45.1 Å². The van der Waals surface area contributed by atoms with Crippen molar-refractivity contribution < 1.29 is 13.2 Å². The van der Waals surface area contributed by atoms with Crippen molar-refractivity contribution in [3.63, 3.8) is 0 Å². The molecular formula is C25H34N2O3S2. The Morgan fingerprint density at radius 1 is 1.25 bits per heavy atom. The van der Waals surface area contributed by atoms with Crippen molar-refractivity contribution in [2.24, 2.45) is 5.92 Å². The highest BCUT2D eigenvalue weighted by Gasteiger charge is 2.45. The van der Waals surface area contributed by atoms with E-state index in [4.69, 9.17) is 4.74 Å². The van der Waals surface area contributed by atoms with Gasteiger partial charge in [-0.2, -0.15) is 0 Å². The molecule has 1 aromatic carbocycles. The van der Waals surface area contributed by atoms with Gasteiger partial charge in [0.05, 0.1) is 17.1 Å². The lowest BCUT2D eigenvalue weighted by Crippen LogP contribution is -2.54. The number of nitrogens with zero attached hydrogens (tertiary/aromatic N) is 1. The molecule has 3 heterocycles. The summed E-state index contributed by atoms with van der Waals surface area (Å²) in [5, 5.41) is 0. The van der Waals surface area contributed by atoms with Gasteiger partial charge in [0.25, 0.3) is 0 Å². The number of fused-ring (bicyclic) bond motifs is 2. The average Bonchev–Trinajstić information content (AvgIpc) is 3.20. The van der Waals surface area contributed by atoms with Crippen LogP contribution in [0.2, 0.25) is 0 Å². The fourth-order valence-corrected chi connectivity index (χ4v) is 8.21. The lowest BCUT2D eigenvalue weighted by molar-refractivity contribution is -0.114. The predicted molar refractivity (Wildman–Crippen MR) is 129 cm³/mol. The third-order valence-corrected chi connectivity index (χ3v) is 10.4. The summed E-state index contributed by atoms with van der Waals surface area (Å²) in [4.78, 5) is 5.97. The number of aryl methyl sites for hydroxylation is 1. The van der Waals surface area contributed by atoms with E-state index in [-0.39, 0.29) is 11.6 Å². The zero-order valence-corrected chi connectivity index (χ0v) is 20.7. The Hall–Kier alpha value is -1.25. The quantitative estimate of drug-likeness (QED) is 0.677. The van der Waals surface area contributed by atoms with Gasteiger partial charge in [0.2, 0.25) is 10.0 Å². The Morgan fingerprint density at radius 2 is 2.03 bits per heavy atom. The van der Waals surface area contributed by atoms with Crippen molar-refractivity contribution >= 4 is 21.4 Å². The summed E-state index contributed by atoms with van der Waals surface area (Å²) >= 11 is 1.98. The number of rotatable bonds is 6. The fraction of sp³-hybridized carbons (Fsp3) is 0.600. The topological polar surface area (TPSA) is 58.6 Å². The van der Waals surface area contributed by atoms with E-state index in [1.165, 1.54) is 10.4 Å². The first-order valence-corrected chi connectivity index (χ1v) is 14.3. The zero-order chi connectivity index (χ0) is 22.3. The van der Waals surface area contributed by atoms with Gasteiger partial charge >= 0.3 is 0 Å². The molecule has 1 aliphatic carbocycles. The Morgan fingerprint density at radius 3 is 2.75 bits per heavy atom. The van der Waals surface area contributed by atoms with Crippen LogP contribution in [0.3, 0.4) is 0 Å². The molecule has 1 saturated heterocycles. The van der Waals surface area contributed by atoms with Crippen molar-refractivity contribution in [3.8, 4) is 0 Å². The number of hydrogen-bond donors (Lipinski definition) is 1. The van der Waals surface area contributed by atoms with Crippen molar-refractivity contribution in [2.45, 2.75) is 75.0 Å². The molecule has 1 N–H and O–H groups in total. The van der Waals surface area contributed by atoms with E-state index in [1.54, 1.807) is 29.1 Å². The third-order valence-electron chi connectivity index (χ3n) is 7.56. The molecule has 174 valence electrons. The zero-order valence-electron chi connectivity index (χ0n) is 19.0. The molecule has 1 aromatic heterocycles. The minimum Gasteiger partial charge on any atom is -0.370 e. The number of likely N-dealkylation sites (tertiary alicyclic amines) is 1. The number of piperidine rings is 1. The molecule has 0 amide bonds. The van der Waals surface area contributed by atoms with Gasteiger partial charge in [-0.1, -0.05) is 25.1 Å². The number of thiophene rings is 1. The van der Waals surface area contributed by atoms with E-state index in [1.807, 2.05) is 17.4 Å². The van der Waals surface area contributed by atoms with Crippen LogP contribution in [0, 0.1) is 5.92 Å². The summed E-state index contributed by atoms with van der Waals surface area (Å²) in [5.74, 6) is 0.561. The average molecular weight is 475 g/mol. The maximum absolute atomic E-state index is 12.5. The predicted octanol–water partition coefficient (Wildman–Crippen LogP) is 4.32. The van der Waals surface area contributed by atoms with Crippen LogP contribution in [0.15, 0.2) is 41.3 Å². The molecule has 5 nitrogen and oxygen atoms in total. The van der Waals surface area contributed by atoms with Gasteiger partial charge in [-0.05, 0) is 68.7 Å². The summed E-state index contributed by atoms with van der Waals surface area (Å²) in [6, 6.07) is 11.6. The SMILES string of the molecule is CCc1cc2c(s1)CCO[C@@]21CCN(CC2CC(NS(=O)(=O)c3ccccc3)C2)[C@@H](C)C1. The number of sulfonamides is 1. The highest BCUT2D eigenvalue weighted by atomic mass is 32.2. The number of ether oxygens (including phenoxy) is 1. The van der Waals surface area contributed by atoms with Crippen LogP contribution in [0.4, 0.5) is 0 Å². The minimum absolute atomic E-state index is 0.0548. The van der Waals surface area contributed by atoms with Crippen molar-refractivity contribution in [3.05, 3.63) is 51.7 Å². The highest BCUT2D eigenvalue weighted by molar-refractivity contribution is 7.89. The Balaban J connectivity index is 1.16. The van der Waals surface area contributed by atoms with Crippen LogP contribution in [-0.2, 0) is 33.2 Å². The Labute approximate surface area is 196 Å². The molecule has 0 unspecified atom stereocenters. The lowest BCUT2D eigenvalue weighted by Gasteiger charge is -2.49. The van der Waals surface area contributed by atoms with Crippen molar-refractivity contribution in [2.75, 3.05) is 19.7 Å². The largest absolute Gasteiger partial charge is 0.370 e. The lowest BCUT2D eigenvalue weighted by atomic mass is 9.77. The van der Waals surface area contributed by atoms with Gasteiger partial charge in [-0.25, -0.2) is 13.1 Å². The molecule has 1 saturated carbocycles. The first kappa shape index (κ1) is 22.5. The van der Waals surface area contributed by atoms with Crippen LogP contribution in [0.25, 0.3) is 0 Å². The molecule has 0 bridgehead atoms. The first-order chi connectivity index (χ1) is 15.4. The summed E-state index contributed by atoms with van der Waals surface area (Å²) < 4.78 is 34.5. The van der Waals surface area contributed by atoms with Gasteiger partial charge in [-0.3, -0.25) is 0 Å². The molecule has 2 atom stereocenters. The maximum Gasteiger partial charge on any atom is 0.240 e. The van der Waals surface area contributed by atoms with Gasteiger partial charge in [0.15, 0.2) is 0 Å². The van der Waals surface area contributed by atoms with Gasteiger partial charge in [0.1, 0.15) is 0 Å². The number of benzene rings is 1. The molecule has 32 heavy (non-hydrogen) atoms. The fourth-order valence-electron chi connectivity index (χ4n) is 5.75. The monoisotopic (exact) mass is 474 g/mol.